The Morgan fingerprint density at radius 2 is 2.08 bits per heavy atom. The number of rotatable bonds is 2. The van der Waals surface area contributed by atoms with E-state index in [0.717, 1.165) is 31.5 Å². The molecule has 1 N–H and O–H groups in total. The van der Waals surface area contributed by atoms with Gasteiger partial charge in [0.25, 0.3) is 5.56 Å². The fraction of sp³-hybridized carbons (Fsp3) is 0.474. The number of fused-ring (bicyclic) bond motifs is 1. The molecular formula is C19H23N5O2. The van der Waals surface area contributed by atoms with Gasteiger partial charge in [-0.05, 0) is 45.0 Å². The summed E-state index contributed by atoms with van der Waals surface area (Å²) in [6.45, 7) is 2.87. The highest BCUT2D eigenvalue weighted by atomic mass is 16.2. The van der Waals surface area contributed by atoms with E-state index in [1.165, 1.54) is 0 Å². The molecule has 136 valence electrons. The van der Waals surface area contributed by atoms with Crippen molar-refractivity contribution in [1.82, 2.24) is 24.8 Å². The number of hydrogen-bond acceptors (Lipinski definition) is 5. The number of piperidine rings is 1. The zero-order chi connectivity index (χ0) is 18.1. The Morgan fingerprint density at radius 1 is 1.27 bits per heavy atom. The lowest BCUT2D eigenvalue weighted by atomic mass is 9.95. The van der Waals surface area contributed by atoms with Crippen LogP contribution in [0.15, 0.2) is 29.3 Å². The first-order valence-corrected chi connectivity index (χ1v) is 9.11. The highest BCUT2D eigenvalue weighted by Gasteiger charge is 2.31. The van der Waals surface area contributed by atoms with E-state index < -0.39 is 0 Å². The average molecular weight is 353 g/mol. The molecule has 0 unspecified atom stereocenters. The molecule has 7 heteroatoms. The predicted octanol–water partition coefficient (Wildman–Crippen LogP) is 1.06. The van der Waals surface area contributed by atoms with Gasteiger partial charge in [-0.25, -0.2) is 4.98 Å². The Bertz CT molecular complexity index is 864. The largest absolute Gasteiger partial charge is 0.336 e. The van der Waals surface area contributed by atoms with Gasteiger partial charge in [-0.2, -0.15) is 0 Å². The second-order valence-corrected chi connectivity index (χ2v) is 7.19. The standard InChI is InChI=1S/C19H23N5O2/c1-23-9-2-3-14(11-23)19(26)24-10-6-15-16(12-24)21-17(22-18(15)25)13-4-7-20-8-5-13/h4-5,7-8,14H,2-3,6,9-12H2,1H3,(H,21,22,25)/t14-/m0/s1. The van der Waals surface area contributed by atoms with E-state index in [-0.39, 0.29) is 17.4 Å². The zero-order valence-corrected chi connectivity index (χ0v) is 14.9. The first-order chi connectivity index (χ1) is 12.6. The molecule has 2 aromatic rings. The Kier molecular flexibility index (Phi) is 4.55. The van der Waals surface area contributed by atoms with Crippen molar-refractivity contribution in [3.05, 3.63) is 46.1 Å². The summed E-state index contributed by atoms with van der Waals surface area (Å²) in [6, 6.07) is 3.63. The molecule has 1 atom stereocenters. The monoisotopic (exact) mass is 353 g/mol. The zero-order valence-electron chi connectivity index (χ0n) is 14.9. The summed E-state index contributed by atoms with van der Waals surface area (Å²) in [5.41, 5.74) is 2.13. The van der Waals surface area contributed by atoms with E-state index in [4.69, 9.17) is 0 Å². The van der Waals surface area contributed by atoms with E-state index in [0.29, 0.717) is 36.6 Å². The van der Waals surface area contributed by atoms with Gasteiger partial charge in [0.05, 0.1) is 18.2 Å². The SMILES string of the molecule is CN1CCC[C@H](C(=O)N2CCc3c(nc(-c4ccncc4)[nH]c3=O)C2)C1. The van der Waals surface area contributed by atoms with Crippen molar-refractivity contribution in [3.8, 4) is 11.4 Å². The molecule has 0 aromatic carbocycles. The summed E-state index contributed by atoms with van der Waals surface area (Å²) >= 11 is 0. The molecule has 0 saturated carbocycles. The van der Waals surface area contributed by atoms with Crippen molar-refractivity contribution in [1.29, 1.82) is 0 Å². The van der Waals surface area contributed by atoms with Crippen molar-refractivity contribution in [2.24, 2.45) is 5.92 Å². The van der Waals surface area contributed by atoms with Crippen LogP contribution in [0.1, 0.15) is 24.1 Å². The molecule has 4 rings (SSSR count). The molecule has 0 aliphatic carbocycles. The highest BCUT2D eigenvalue weighted by Crippen LogP contribution is 2.23. The summed E-state index contributed by atoms with van der Waals surface area (Å²) in [7, 11) is 2.06. The number of aromatic nitrogens is 3. The van der Waals surface area contributed by atoms with Crippen LogP contribution in [-0.2, 0) is 17.8 Å². The number of likely N-dealkylation sites (tertiary alicyclic amines) is 1. The normalized spacial score (nSPS) is 20.7. The lowest BCUT2D eigenvalue weighted by molar-refractivity contribution is -0.138. The summed E-state index contributed by atoms with van der Waals surface area (Å²) in [4.78, 5) is 41.0. The van der Waals surface area contributed by atoms with Crippen molar-refractivity contribution >= 4 is 5.91 Å². The van der Waals surface area contributed by atoms with Gasteiger partial charge in [-0.3, -0.25) is 14.6 Å². The Morgan fingerprint density at radius 3 is 2.85 bits per heavy atom. The molecule has 1 fully saturated rings. The van der Waals surface area contributed by atoms with Crippen LogP contribution in [0.2, 0.25) is 0 Å². The number of amides is 1. The third-order valence-corrected chi connectivity index (χ3v) is 5.31. The molecule has 2 aromatic heterocycles. The van der Waals surface area contributed by atoms with E-state index in [1.807, 2.05) is 17.0 Å². The van der Waals surface area contributed by atoms with Crippen molar-refractivity contribution < 1.29 is 4.79 Å². The molecule has 0 bridgehead atoms. The van der Waals surface area contributed by atoms with E-state index >= 15 is 0 Å². The minimum atomic E-state index is -0.105. The molecular weight excluding hydrogens is 330 g/mol. The van der Waals surface area contributed by atoms with E-state index in [2.05, 4.69) is 26.9 Å². The molecule has 2 aliphatic rings. The van der Waals surface area contributed by atoms with Crippen LogP contribution in [0.3, 0.4) is 0 Å². The Hall–Kier alpha value is -2.54. The van der Waals surface area contributed by atoms with Crippen LogP contribution in [0.5, 0.6) is 0 Å². The van der Waals surface area contributed by atoms with Crippen molar-refractivity contribution in [2.75, 3.05) is 26.7 Å². The highest BCUT2D eigenvalue weighted by molar-refractivity contribution is 5.79. The number of pyridine rings is 1. The second kappa shape index (κ2) is 6.99. The molecule has 1 saturated heterocycles. The molecule has 2 aliphatic heterocycles. The van der Waals surface area contributed by atoms with E-state index in [1.54, 1.807) is 12.4 Å². The quantitative estimate of drug-likeness (QED) is 0.873. The van der Waals surface area contributed by atoms with Crippen LogP contribution in [-0.4, -0.2) is 57.3 Å². The number of carbonyl (C=O) groups excluding carboxylic acids is 1. The minimum absolute atomic E-state index is 0.0527. The van der Waals surface area contributed by atoms with Gasteiger partial charge >= 0.3 is 0 Å². The summed E-state index contributed by atoms with van der Waals surface area (Å²) < 4.78 is 0. The maximum absolute atomic E-state index is 12.9. The number of hydrogen-bond donors (Lipinski definition) is 1. The minimum Gasteiger partial charge on any atom is -0.336 e. The number of nitrogens with zero attached hydrogens (tertiary/aromatic N) is 4. The third kappa shape index (κ3) is 3.26. The third-order valence-electron chi connectivity index (χ3n) is 5.31. The Balaban J connectivity index is 1.58. The summed E-state index contributed by atoms with van der Waals surface area (Å²) in [5, 5.41) is 0. The number of aromatic amines is 1. The first-order valence-electron chi connectivity index (χ1n) is 9.11. The Labute approximate surface area is 152 Å². The summed E-state index contributed by atoms with van der Waals surface area (Å²) in [5.74, 6) is 0.773. The van der Waals surface area contributed by atoms with Crippen LogP contribution < -0.4 is 5.56 Å². The maximum Gasteiger partial charge on any atom is 0.254 e. The van der Waals surface area contributed by atoms with Crippen molar-refractivity contribution in [2.45, 2.75) is 25.8 Å². The topological polar surface area (TPSA) is 82.2 Å². The van der Waals surface area contributed by atoms with Crippen LogP contribution in [0.25, 0.3) is 11.4 Å². The van der Waals surface area contributed by atoms with Gasteiger partial charge in [0.1, 0.15) is 5.82 Å². The molecule has 0 radical (unpaired) electrons. The van der Waals surface area contributed by atoms with Crippen LogP contribution >= 0.6 is 0 Å². The molecule has 4 heterocycles. The fourth-order valence-electron chi connectivity index (χ4n) is 3.90. The first kappa shape index (κ1) is 16.9. The lowest BCUT2D eigenvalue weighted by Crippen LogP contribution is -2.46. The summed E-state index contributed by atoms with van der Waals surface area (Å²) in [6.07, 6.45) is 5.90. The fourth-order valence-corrected chi connectivity index (χ4v) is 3.90. The van der Waals surface area contributed by atoms with E-state index in [9.17, 15) is 9.59 Å². The maximum atomic E-state index is 12.9. The van der Waals surface area contributed by atoms with Gasteiger partial charge < -0.3 is 14.8 Å². The van der Waals surface area contributed by atoms with Gasteiger partial charge in [0.2, 0.25) is 5.91 Å². The van der Waals surface area contributed by atoms with Gasteiger partial charge in [-0.15, -0.1) is 0 Å². The smallest absolute Gasteiger partial charge is 0.254 e. The second-order valence-electron chi connectivity index (χ2n) is 7.19. The number of carbonyl (C=O) groups is 1. The number of nitrogens with one attached hydrogen (secondary N) is 1. The van der Waals surface area contributed by atoms with Crippen molar-refractivity contribution in [3.63, 3.8) is 0 Å². The lowest BCUT2D eigenvalue weighted by Gasteiger charge is -2.35. The molecule has 1 amide bonds. The molecule has 26 heavy (non-hydrogen) atoms. The van der Waals surface area contributed by atoms with Gasteiger partial charge in [0, 0.05) is 36.6 Å². The van der Waals surface area contributed by atoms with Crippen LogP contribution in [0, 0.1) is 5.92 Å². The average Bonchev–Trinajstić information content (AvgIpc) is 2.67. The van der Waals surface area contributed by atoms with Gasteiger partial charge in [-0.1, -0.05) is 0 Å². The van der Waals surface area contributed by atoms with Crippen LogP contribution in [0.4, 0.5) is 0 Å². The predicted molar refractivity (Wildman–Crippen MR) is 97.4 cm³/mol. The molecule has 7 nitrogen and oxygen atoms in total. The number of H-pyrrole nitrogens is 1. The van der Waals surface area contributed by atoms with Gasteiger partial charge in [0.15, 0.2) is 0 Å². The molecule has 0 spiro atoms.